The van der Waals surface area contributed by atoms with Gasteiger partial charge in [-0.25, -0.2) is 8.42 Å². The van der Waals surface area contributed by atoms with Crippen LogP contribution in [0.3, 0.4) is 0 Å². The lowest BCUT2D eigenvalue weighted by atomic mass is 10.1. The Morgan fingerprint density at radius 2 is 1.92 bits per heavy atom. The summed E-state index contributed by atoms with van der Waals surface area (Å²) in [4.78, 5) is 9.96. The summed E-state index contributed by atoms with van der Waals surface area (Å²) in [5.74, 6) is 0.786. The number of hydrogen-bond donors (Lipinski definition) is 1. The summed E-state index contributed by atoms with van der Waals surface area (Å²) in [5.41, 5.74) is 2.03. The van der Waals surface area contributed by atoms with E-state index in [1.165, 1.54) is 18.2 Å². The number of nitro benzene ring substituents is 1. The Bertz CT molecular complexity index is 878. The number of sulfone groups is 1. The van der Waals surface area contributed by atoms with E-state index in [1.54, 1.807) is 7.11 Å². The Morgan fingerprint density at radius 1 is 1.21 bits per heavy atom. The number of nitrogens with zero attached hydrogens (tertiary/aromatic N) is 1. The number of ether oxygens (including phenoxy) is 1. The van der Waals surface area contributed by atoms with Crippen LogP contribution in [0.25, 0.3) is 0 Å². The van der Waals surface area contributed by atoms with E-state index < -0.39 is 20.4 Å². The van der Waals surface area contributed by atoms with Crippen molar-refractivity contribution >= 4 is 21.2 Å². The van der Waals surface area contributed by atoms with Crippen LogP contribution in [0.4, 0.5) is 11.4 Å². The second-order valence-corrected chi connectivity index (χ2v) is 7.35. The molecule has 0 aromatic heterocycles. The van der Waals surface area contributed by atoms with Gasteiger partial charge in [0.05, 0.1) is 12.0 Å². The standard InChI is InChI=1S/C16H18N2O5S/c1-11-8-12(4-7-15(11)23-2)10-17-13-5-6-14(18(19)20)16(9-13)24(3,21)22/h4-9,17H,10H2,1-3H3. The second kappa shape index (κ2) is 6.88. The molecule has 0 bridgehead atoms. The molecule has 8 heteroatoms. The van der Waals surface area contributed by atoms with Gasteiger partial charge in [0.15, 0.2) is 9.84 Å². The number of rotatable bonds is 6. The summed E-state index contributed by atoms with van der Waals surface area (Å²) in [6, 6.07) is 9.66. The highest BCUT2D eigenvalue weighted by Crippen LogP contribution is 2.27. The molecule has 0 amide bonds. The summed E-state index contributed by atoms with van der Waals surface area (Å²) in [5, 5.41) is 14.0. The fraction of sp³-hybridized carbons (Fsp3) is 0.250. The van der Waals surface area contributed by atoms with Gasteiger partial charge in [-0.2, -0.15) is 0 Å². The third-order valence-electron chi connectivity index (χ3n) is 3.51. The van der Waals surface area contributed by atoms with Crippen LogP contribution in [0.15, 0.2) is 41.3 Å². The minimum Gasteiger partial charge on any atom is -0.496 e. The second-order valence-electron chi connectivity index (χ2n) is 5.37. The van der Waals surface area contributed by atoms with E-state index in [0.29, 0.717) is 12.2 Å². The lowest BCUT2D eigenvalue weighted by Gasteiger charge is -2.10. The van der Waals surface area contributed by atoms with Crippen LogP contribution in [-0.2, 0) is 16.4 Å². The molecule has 0 aliphatic heterocycles. The van der Waals surface area contributed by atoms with Crippen LogP contribution in [0.1, 0.15) is 11.1 Å². The zero-order valence-electron chi connectivity index (χ0n) is 13.6. The maximum atomic E-state index is 11.8. The minimum atomic E-state index is -3.70. The van der Waals surface area contributed by atoms with Crippen molar-refractivity contribution in [3.05, 3.63) is 57.6 Å². The lowest BCUT2D eigenvalue weighted by molar-refractivity contribution is -0.387. The smallest absolute Gasteiger partial charge is 0.288 e. The molecule has 0 aliphatic rings. The molecular formula is C16H18N2O5S. The Balaban J connectivity index is 2.25. The van der Waals surface area contributed by atoms with Crippen LogP contribution in [0, 0.1) is 17.0 Å². The molecule has 2 aromatic rings. The molecule has 0 spiro atoms. The van der Waals surface area contributed by atoms with Gasteiger partial charge in [-0.05, 0) is 36.2 Å². The van der Waals surface area contributed by atoms with Gasteiger partial charge < -0.3 is 10.1 Å². The fourth-order valence-electron chi connectivity index (χ4n) is 2.33. The van der Waals surface area contributed by atoms with E-state index in [1.807, 2.05) is 25.1 Å². The average Bonchev–Trinajstić information content (AvgIpc) is 2.51. The zero-order chi connectivity index (χ0) is 17.9. The van der Waals surface area contributed by atoms with E-state index >= 15 is 0 Å². The molecule has 0 saturated heterocycles. The highest BCUT2D eigenvalue weighted by molar-refractivity contribution is 7.90. The monoisotopic (exact) mass is 350 g/mol. The third kappa shape index (κ3) is 4.02. The van der Waals surface area contributed by atoms with Crippen molar-refractivity contribution < 1.29 is 18.1 Å². The molecule has 24 heavy (non-hydrogen) atoms. The van der Waals surface area contributed by atoms with Gasteiger partial charge in [0.25, 0.3) is 5.69 Å². The van der Waals surface area contributed by atoms with Gasteiger partial charge in [-0.15, -0.1) is 0 Å². The van der Waals surface area contributed by atoms with Crippen molar-refractivity contribution in [3.8, 4) is 5.75 Å². The average molecular weight is 350 g/mol. The molecule has 0 heterocycles. The molecule has 0 saturated carbocycles. The predicted molar refractivity (Wildman–Crippen MR) is 91.3 cm³/mol. The summed E-state index contributed by atoms with van der Waals surface area (Å²) in [7, 11) is -2.10. The first-order valence-electron chi connectivity index (χ1n) is 7.08. The van der Waals surface area contributed by atoms with Crippen molar-refractivity contribution in [2.75, 3.05) is 18.7 Å². The number of anilines is 1. The van der Waals surface area contributed by atoms with Crippen LogP contribution in [0.5, 0.6) is 5.75 Å². The maximum Gasteiger partial charge on any atom is 0.288 e. The van der Waals surface area contributed by atoms with E-state index in [4.69, 9.17) is 4.74 Å². The Morgan fingerprint density at radius 3 is 2.46 bits per heavy atom. The molecule has 0 radical (unpaired) electrons. The first-order chi connectivity index (χ1) is 11.2. The normalized spacial score (nSPS) is 11.1. The van der Waals surface area contributed by atoms with Gasteiger partial charge in [-0.1, -0.05) is 12.1 Å². The predicted octanol–water partition coefficient (Wildman–Crippen LogP) is 2.93. The summed E-state index contributed by atoms with van der Waals surface area (Å²) in [6.45, 7) is 2.38. The Hall–Kier alpha value is -2.61. The minimum absolute atomic E-state index is 0.302. The van der Waals surface area contributed by atoms with E-state index in [2.05, 4.69) is 5.32 Å². The number of hydrogen-bond acceptors (Lipinski definition) is 6. The molecule has 128 valence electrons. The lowest BCUT2D eigenvalue weighted by Crippen LogP contribution is -2.05. The van der Waals surface area contributed by atoms with E-state index in [9.17, 15) is 18.5 Å². The molecule has 0 aliphatic carbocycles. The van der Waals surface area contributed by atoms with Crippen LogP contribution < -0.4 is 10.1 Å². The number of aryl methyl sites for hydroxylation is 1. The summed E-state index contributed by atoms with van der Waals surface area (Å²) >= 11 is 0. The summed E-state index contributed by atoms with van der Waals surface area (Å²) < 4.78 is 28.7. The molecule has 7 nitrogen and oxygen atoms in total. The highest BCUT2D eigenvalue weighted by Gasteiger charge is 2.22. The largest absolute Gasteiger partial charge is 0.496 e. The molecule has 1 N–H and O–H groups in total. The van der Waals surface area contributed by atoms with Crippen LogP contribution in [-0.4, -0.2) is 26.7 Å². The van der Waals surface area contributed by atoms with Gasteiger partial charge in [0.1, 0.15) is 10.6 Å². The zero-order valence-corrected chi connectivity index (χ0v) is 14.4. The van der Waals surface area contributed by atoms with Gasteiger partial charge >= 0.3 is 0 Å². The molecule has 2 aromatic carbocycles. The van der Waals surface area contributed by atoms with E-state index in [-0.39, 0.29) is 4.90 Å². The number of benzene rings is 2. The van der Waals surface area contributed by atoms with Crippen molar-refractivity contribution in [2.24, 2.45) is 0 Å². The maximum absolute atomic E-state index is 11.8. The van der Waals surface area contributed by atoms with Crippen molar-refractivity contribution in [3.63, 3.8) is 0 Å². The molecule has 2 rings (SSSR count). The first-order valence-corrected chi connectivity index (χ1v) is 8.97. The highest BCUT2D eigenvalue weighted by atomic mass is 32.2. The Kier molecular flexibility index (Phi) is 5.08. The van der Waals surface area contributed by atoms with Gasteiger partial charge in [0, 0.05) is 24.6 Å². The SMILES string of the molecule is COc1ccc(CNc2ccc([N+](=O)[O-])c(S(C)(=O)=O)c2)cc1C. The van der Waals surface area contributed by atoms with Crippen LogP contribution >= 0.6 is 0 Å². The van der Waals surface area contributed by atoms with Gasteiger partial charge in [-0.3, -0.25) is 10.1 Å². The summed E-state index contributed by atoms with van der Waals surface area (Å²) in [6.07, 6.45) is 0.950. The third-order valence-corrected chi connectivity index (χ3v) is 4.64. The van der Waals surface area contributed by atoms with Crippen molar-refractivity contribution in [1.29, 1.82) is 0 Å². The Labute approximate surface area is 140 Å². The fourth-order valence-corrected chi connectivity index (χ4v) is 3.19. The quantitative estimate of drug-likeness (QED) is 0.635. The number of nitro groups is 1. The number of nitrogens with one attached hydrogen (secondary N) is 1. The molecule has 0 unspecified atom stereocenters. The topological polar surface area (TPSA) is 98.5 Å². The van der Waals surface area contributed by atoms with Gasteiger partial charge in [0.2, 0.25) is 0 Å². The van der Waals surface area contributed by atoms with Crippen LogP contribution in [0.2, 0.25) is 0 Å². The number of methoxy groups -OCH3 is 1. The first kappa shape index (κ1) is 17.7. The molecular weight excluding hydrogens is 332 g/mol. The van der Waals surface area contributed by atoms with Crippen molar-refractivity contribution in [2.45, 2.75) is 18.4 Å². The molecule has 0 fully saturated rings. The van der Waals surface area contributed by atoms with Crippen molar-refractivity contribution in [1.82, 2.24) is 0 Å². The molecule has 0 atom stereocenters. The van der Waals surface area contributed by atoms with E-state index in [0.717, 1.165) is 23.1 Å².